The number of hydrogen-bond donors (Lipinski definition) is 6. The molecule has 8 unspecified atom stereocenters. The van der Waals surface area contributed by atoms with Crippen molar-refractivity contribution in [1.82, 2.24) is 5.32 Å². The van der Waals surface area contributed by atoms with E-state index in [2.05, 4.69) is 99.0 Å². The minimum absolute atomic E-state index is 0.00527. The molecule has 0 aromatic rings. The molecule has 11 nitrogen and oxygen atoms in total. The third kappa shape index (κ3) is 44.7. The lowest BCUT2D eigenvalue weighted by molar-refractivity contribution is -0.305. The van der Waals surface area contributed by atoms with E-state index in [1.54, 1.807) is 6.08 Å². The zero-order valence-corrected chi connectivity index (χ0v) is 51.6. The number of carbonyl (C=O) groups excluding carboxylic acids is 2. The first kappa shape index (κ1) is 75.6. The van der Waals surface area contributed by atoms with Gasteiger partial charge in [0.2, 0.25) is 5.91 Å². The molecule has 1 saturated heterocycles. The van der Waals surface area contributed by atoms with Gasteiger partial charge in [0.05, 0.1) is 25.4 Å². The molecule has 0 saturated carbocycles. The number of rotatable bonds is 55. The largest absolute Gasteiger partial charge is 0.454 e. The topological polar surface area (TPSA) is 175 Å². The Labute approximate surface area is 495 Å². The van der Waals surface area contributed by atoms with Gasteiger partial charge in [0.25, 0.3) is 0 Å². The summed E-state index contributed by atoms with van der Waals surface area (Å²) in [5.74, 6) is -1.29. The molecule has 0 aromatic heterocycles. The molecule has 0 radical (unpaired) electrons. The van der Waals surface area contributed by atoms with Crippen LogP contribution in [0.5, 0.6) is 0 Å². The first-order valence-electron chi connectivity index (χ1n) is 33.0. The van der Waals surface area contributed by atoms with Crippen molar-refractivity contribution in [2.75, 3.05) is 13.2 Å². The van der Waals surface area contributed by atoms with Gasteiger partial charge in [-0.1, -0.05) is 272 Å². The summed E-state index contributed by atoms with van der Waals surface area (Å²) in [6.45, 7) is 5.65. The molecule has 1 aliphatic rings. The van der Waals surface area contributed by atoms with Gasteiger partial charge in [-0.05, 0) is 89.9 Å². The molecule has 466 valence electrons. The van der Waals surface area contributed by atoms with Crippen LogP contribution in [0.3, 0.4) is 0 Å². The number of hydrogen-bond acceptors (Lipinski definition) is 10. The predicted octanol–water partition coefficient (Wildman–Crippen LogP) is 16.3. The summed E-state index contributed by atoms with van der Waals surface area (Å²) in [5.41, 5.74) is 0. The van der Waals surface area contributed by atoms with Crippen molar-refractivity contribution in [1.29, 1.82) is 0 Å². The van der Waals surface area contributed by atoms with Gasteiger partial charge in [0, 0.05) is 6.42 Å². The number of aliphatic hydroxyl groups is 5. The van der Waals surface area contributed by atoms with Crippen molar-refractivity contribution >= 4 is 11.9 Å². The molecule has 0 spiro atoms. The van der Waals surface area contributed by atoms with E-state index in [4.69, 9.17) is 14.2 Å². The van der Waals surface area contributed by atoms with Gasteiger partial charge in [-0.2, -0.15) is 0 Å². The molecule has 1 amide bonds. The fourth-order valence-corrected chi connectivity index (χ4v) is 9.79. The number of aliphatic hydroxyl groups excluding tert-OH is 5. The number of nitrogens with one attached hydrogen (secondary N) is 1. The van der Waals surface area contributed by atoms with Gasteiger partial charge in [0.15, 0.2) is 12.4 Å². The number of carbonyl (C=O) groups is 2. The summed E-state index contributed by atoms with van der Waals surface area (Å²) in [4.78, 5) is 26.6. The van der Waals surface area contributed by atoms with E-state index in [9.17, 15) is 35.1 Å². The first-order valence-corrected chi connectivity index (χ1v) is 33.0. The van der Waals surface area contributed by atoms with E-state index < -0.39 is 67.4 Å². The maximum atomic E-state index is 13.5. The third-order valence-corrected chi connectivity index (χ3v) is 15.0. The van der Waals surface area contributed by atoms with E-state index in [0.717, 1.165) is 70.6 Å². The van der Waals surface area contributed by atoms with Crippen molar-refractivity contribution in [2.45, 2.75) is 320 Å². The van der Waals surface area contributed by atoms with Gasteiger partial charge in [-0.15, -0.1) is 0 Å². The van der Waals surface area contributed by atoms with Gasteiger partial charge >= 0.3 is 5.97 Å². The molecule has 0 bridgehead atoms. The first-order chi connectivity index (χ1) is 39.7. The smallest absolute Gasteiger partial charge is 0.306 e. The Kier molecular flexibility index (Phi) is 53.2. The zero-order chi connectivity index (χ0) is 58.9. The van der Waals surface area contributed by atoms with Crippen LogP contribution < -0.4 is 5.32 Å². The van der Waals surface area contributed by atoms with Crippen LogP contribution in [-0.4, -0.2) is 99.6 Å². The molecule has 8 atom stereocenters. The SMILES string of the molecule is CC/C=C\C/C=C\C/C=C\C/C=C\C/C=C\C/C=C\CCC(=O)OC1C(OCC(NC(=O)C(O)CCCCCCCCCCCC/C=C/CCCCCCCC)C(O)/C=C/CCCCCCCCCCCCC)OC(CO)C(O)C1O. The number of allylic oxidation sites excluding steroid dienone is 15. The molecule has 11 heteroatoms. The second-order valence-electron chi connectivity index (χ2n) is 22.5. The van der Waals surface area contributed by atoms with Crippen LogP contribution in [0.2, 0.25) is 0 Å². The molecule has 1 rings (SSSR count). The molecule has 1 fully saturated rings. The lowest BCUT2D eigenvalue weighted by Crippen LogP contribution is -2.61. The highest BCUT2D eigenvalue weighted by atomic mass is 16.7. The van der Waals surface area contributed by atoms with E-state index in [1.807, 2.05) is 18.2 Å². The fourth-order valence-electron chi connectivity index (χ4n) is 9.79. The van der Waals surface area contributed by atoms with Crippen molar-refractivity contribution < 1.29 is 49.3 Å². The third-order valence-electron chi connectivity index (χ3n) is 15.0. The summed E-state index contributed by atoms with van der Waals surface area (Å²) in [6, 6.07) is -1.04. The van der Waals surface area contributed by atoms with Gasteiger partial charge in [-0.25, -0.2) is 0 Å². The van der Waals surface area contributed by atoms with Crippen LogP contribution >= 0.6 is 0 Å². The Balaban J connectivity index is 2.70. The van der Waals surface area contributed by atoms with E-state index in [0.29, 0.717) is 19.3 Å². The molecular weight excluding hydrogens is 1010 g/mol. The second kappa shape index (κ2) is 57.0. The number of ether oxygens (including phenoxy) is 3. The van der Waals surface area contributed by atoms with E-state index in [1.165, 1.54) is 148 Å². The Morgan fingerprint density at radius 1 is 0.494 bits per heavy atom. The summed E-state index contributed by atoms with van der Waals surface area (Å²) in [6.07, 6.45) is 66.0. The molecule has 1 heterocycles. The summed E-state index contributed by atoms with van der Waals surface area (Å²) in [7, 11) is 0. The van der Waals surface area contributed by atoms with Crippen molar-refractivity contribution in [3.63, 3.8) is 0 Å². The lowest BCUT2D eigenvalue weighted by Gasteiger charge is -2.41. The van der Waals surface area contributed by atoms with E-state index >= 15 is 0 Å². The van der Waals surface area contributed by atoms with Crippen LogP contribution in [0, 0.1) is 0 Å². The number of esters is 1. The van der Waals surface area contributed by atoms with Gasteiger partial charge in [0.1, 0.15) is 24.4 Å². The summed E-state index contributed by atoms with van der Waals surface area (Å²) in [5, 5.41) is 57.1. The minimum atomic E-state index is -1.65. The van der Waals surface area contributed by atoms with Crippen LogP contribution in [0.25, 0.3) is 0 Å². The second-order valence-corrected chi connectivity index (χ2v) is 22.5. The Bertz CT molecular complexity index is 1690. The standard InChI is InChI=1S/C70H121NO10/c1-4-7-10-13-16-19-22-25-27-29-31-33-34-36-39-42-45-48-51-54-57-63(74)69(78)71-61(62(73)56-53-50-47-44-41-38-24-21-18-15-12-9-6-3)60-79-70-68(67(77)66(76)64(59-72)80-70)81-65(75)58-55-52-49-46-43-40-37-35-32-30-28-26-23-20-17-14-11-8-5-2/h8,11,17,20,25-28,32,35,40,43,49,52-53,56,61-64,66-68,70,72-74,76-77H,4-7,9-10,12-16,18-19,21-24,29-31,33-34,36-39,41-42,44-48,50-51,54-55,57-60H2,1-3H3,(H,71,78)/b11-8-,20-17-,27-25+,28-26-,35-32-,43-40-,52-49-,56-53+. The predicted molar refractivity (Wildman–Crippen MR) is 338 cm³/mol. The monoisotopic (exact) mass is 1140 g/mol. The molecule has 0 aliphatic carbocycles. The lowest BCUT2D eigenvalue weighted by atomic mass is 9.99. The van der Waals surface area contributed by atoms with Crippen molar-refractivity contribution in [3.8, 4) is 0 Å². The normalized spacial score (nSPS) is 19.3. The zero-order valence-electron chi connectivity index (χ0n) is 51.6. The Hall–Kier alpha value is -3.42. The molecule has 81 heavy (non-hydrogen) atoms. The highest BCUT2D eigenvalue weighted by Crippen LogP contribution is 2.26. The van der Waals surface area contributed by atoms with Crippen molar-refractivity contribution in [2.24, 2.45) is 0 Å². The molecule has 1 aliphatic heterocycles. The van der Waals surface area contributed by atoms with Crippen LogP contribution in [0.4, 0.5) is 0 Å². The summed E-state index contributed by atoms with van der Waals surface area (Å²) >= 11 is 0. The van der Waals surface area contributed by atoms with Crippen LogP contribution in [0.15, 0.2) is 97.2 Å². The van der Waals surface area contributed by atoms with Crippen LogP contribution in [-0.2, 0) is 23.8 Å². The Morgan fingerprint density at radius 3 is 1.33 bits per heavy atom. The van der Waals surface area contributed by atoms with E-state index in [-0.39, 0.29) is 19.4 Å². The average molecular weight is 1140 g/mol. The average Bonchev–Trinajstić information content (AvgIpc) is 3.47. The fraction of sp³-hybridized carbons (Fsp3) is 0.743. The molecular formula is C70H121NO10. The minimum Gasteiger partial charge on any atom is -0.454 e. The van der Waals surface area contributed by atoms with Crippen molar-refractivity contribution in [3.05, 3.63) is 97.2 Å². The maximum absolute atomic E-state index is 13.5. The number of unbranched alkanes of at least 4 members (excludes halogenated alkanes) is 27. The van der Waals surface area contributed by atoms with Crippen LogP contribution in [0.1, 0.15) is 271 Å². The number of amides is 1. The van der Waals surface area contributed by atoms with Gasteiger partial charge < -0.3 is 45.1 Å². The highest BCUT2D eigenvalue weighted by molar-refractivity contribution is 5.80. The molecule has 0 aromatic carbocycles. The maximum Gasteiger partial charge on any atom is 0.306 e. The summed E-state index contributed by atoms with van der Waals surface area (Å²) < 4.78 is 17.6. The molecule has 6 N–H and O–H groups in total. The highest BCUT2D eigenvalue weighted by Gasteiger charge is 2.47. The Morgan fingerprint density at radius 2 is 0.889 bits per heavy atom. The quantitative estimate of drug-likeness (QED) is 0.0195. The van der Waals surface area contributed by atoms with Gasteiger partial charge in [-0.3, -0.25) is 9.59 Å².